The van der Waals surface area contributed by atoms with Gasteiger partial charge in [-0.3, -0.25) is 4.99 Å². The number of aliphatic hydroxyl groups excluding tert-OH is 1. The van der Waals surface area contributed by atoms with E-state index in [1.807, 2.05) is 18.2 Å². The Morgan fingerprint density at radius 3 is 2.81 bits per heavy atom. The Bertz CT molecular complexity index is 889. The zero-order chi connectivity index (χ0) is 17.7. The topological polar surface area (TPSA) is 96.9 Å². The van der Waals surface area contributed by atoms with Gasteiger partial charge < -0.3 is 20.5 Å². The molecule has 3 aliphatic rings. The van der Waals surface area contributed by atoms with Crippen molar-refractivity contribution in [2.24, 2.45) is 10.7 Å². The van der Waals surface area contributed by atoms with E-state index < -0.39 is 0 Å². The average Bonchev–Trinajstić information content (AvgIpc) is 3.24. The highest BCUT2D eigenvalue weighted by Gasteiger charge is 2.48. The Balaban J connectivity index is 1.39. The third kappa shape index (κ3) is 2.24. The van der Waals surface area contributed by atoms with E-state index in [9.17, 15) is 5.11 Å². The van der Waals surface area contributed by atoms with Crippen LogP contribution in [-0.2, 0) is 13.2 Å². The number of nitrogens with zero attached hydrogens (tertiary/aromatic N) is 4. The summed E-state index contributed by atoms with van der Waals surface area (Å²) in [6, 6.07) is 7.92. The number of piperidine rings is 1. The van der Waals surface area contributed by atoms with Crippen LogP contribution in [0.1, 0.15) is 41.5 Å². The molecule has 7 nitrogen and oxygen atoms in total. The number of aromatic nitrogens is 2. The van der Waals surface area contributed by atoms with Crippen LogP contribution < -0.4 is 15.4 Å². The number of rotatable bonds is 2. The Labute approximate surface area is 151 Å². The second-order valence-electron chi connectivity index (χ2n) is 7.12. The Morgan fingerprint density at radius 2 is 2.04 bits per heavy atom. The lowest BCUT2D eigenvalue weighted by Gasteiger charge is -2.41. The van der Waals surface area contributed by atoms with Crippen molar-refractivity contribution in [2.45, 2.75) is 37.6 Å². The van der Waals surface area contributed by atoms with Crippen LogP contribution in [0.15, 0.2) is 29.3 Å². The molecule has 0 aliphatic carbocycles. The van der Waals surface area contributed by atoms with E-state index >= 15 is 0 Å². The van der Waals surface area contributed by atoms with E-state index in [-0.39, 0.29) is 18.2 Å². The van der Waals surface area contributed by atoms with Gasteiger partial charge in [0.25, 0.3) is 0 Å². The number of hydrogen-bond acceptors (Lipinski definition) is 7. The molecule has 4 heterocycles. The largest absolute Gasteiger partial charge is 0.485 e. The molecule has 0 bridgehead atoms. The van der Waals surface area contributed by atoms with Crippen LogP contribution in [0.2, 0.25) is 0 Å². The van der Waals surface area contributed by atoms with Gasteiger partial charge in [0.05, 0.1) is 24.9 Å². The number of anilines is 1. The van der Waals surface area contributed by atoms with Crippen LogP contribution in [-0.4, -0.2) is 40.0 Å². The van der Waals surface area contributed by atoms with Gasteiger partial charge in [-0.15, -0.1) is 0 Å². The summed E-state index contributed by atoms with van der Waals surface area (Å²) in [6.45, 7) is 1.96. The lowest BCUT2D eigenvalue weighted by Crippen LogP contribution is -2.51. The Hall–Kier alpha value is -2.51. The summed E-state index contributed by atoms with van der Waals surface area (Å²) in [6.07, 6.45) is 3.34. The van der Waals surface area contributed by atoms with Gasteiger partial charge >= 0.3 is 0 Å². The van der Waals surface area contributed by atoms with Crippen molar-refractivity contribution in [3.63, 3.8) is 0 Å². The highest BCUT2D eigenvalue weighted by Crippen LogP contribution is 2.47. The molecule has 5 rings (SSSR count). The molecule has 3 aliphatic heterocycles. The van der Waals surface area contributed by atoms with Crippen LogP contribution in [0.4, 0.5) is 5.82 Å². The van der Waals surface area contributed by atoms with E-state index in [4.69, 9.17) is 15.5 Å². The van der Waals surface area contributed by atoms with Crippen LogP contribution in [0.3, 0.4) is 0 Å². The fraction of sp³-hybridized carbons (Fsp3) is 0.421. The molecule has 7 heteroatoms. The standard InChI is InChI=1S/C19H21N5O2/c20-17-12-3-1-2-4-16(12)26-19(17)5-7-24(8-6-19)18-15(11-25)22-13-9-21-10-14(13)23-18/h1-4,9,17,25H,5-8,10-11,20H2/t17-/m1/s1. The molecule has 0 unspecified atom stereocenters. The minimum atomic E-state index is -0.354. The van der Waals surface area contributed by atoms with Gasteiger partial charge in [-0.25, -0.2) is 9.97 Å². The van der Waals surface area contributed by atoms with Gasteiger partial charge in [-0.05, 0) is 6.07 Å². The van der Waals surface area contributed by atoms with Crippen LogP contribution in [0, 0.1) is 0 Å². The molecule has 0 amide bonds. The SMILES string of the molecule is N[C@@H]1c2ccccc2OC12CCN(c1nc3c(nc1CO)C=NC3)CC2. The predicted molar refractivity (Wildman–Crippen MR) is 97.4 cm³/mol. The van der Waals surface area contributed by atoms with Crippen molar-refractivity contribution in [2.75, 3.05) is 18.0 Å². The summed E-state index contributed by atoms with van der Waals surface area (Å²) >= 11 is 0. The smallest absolute Gasteiger partial charge is 0.153 e. The molecule has 26 heavy (non-hydrogen) atoms. The molecule has 2 aromatic rings. The summed E-state index contributed by atoms with van der Waals surface area (Å²) in [7, 11) is 0. The monoisotopic (exact) mass is 351 g/mol. The number of benzene rings is 1. The summed E-state index contributed by atoms with van der Waals surface area (Å²) in [5.74, 6) is 1.66. The van der Waals surface area contributed by atoms with E-state index in [0.717, 1.165) is 54.4 Å². The molecule has 1 aromatic carbocycles. The van der Waals surface area contributed by atoms with Gasteiger partial charge in [0.15, 0.2) is 5.82 Å². The molecule has 1 saturated heterocycles. The lowest BCUT2D eigenvalue weighted by molar-refractivity contribution is 0.0430. The van der Waals surface area contributed by atoms with Gasteiger partial charge in [0, 0.05) is 37.7 Å². The second-order valence-corrected chi connectivity index (χ2v) is 7.12. The number of ether oxygens (including phenoxy) is 1. The molecule has 1 atom stereocenters. The zero-order valence-corrected chi connectivity index (χ0v) is 14.4. The normalized spacial score (nSPS) is 22.4. The van der Waals surface area contributed by atoms with E-state index in [1.54, 1.807) is 6.21 Å². The third-order valence-electron chi connectivity index (χ3n) is 5.70. The maximum absolute atomic E-state index is 9.73. The fourth-order valence-electron chi connectivity index (χ4n) is 4.21. The molecule has 1 fully saturated rings. The summed E-state index contributed by atoms with van der Waals surface area (Å²) in [5, 5.41) is 9.73. The molecular weight excluding hydrogens is 330 g/mol. The van der Waals surface area contributed by atoms with Crippen LogP contribution >= 0.6 is 0 Å². The highest BCUT2D eigenvalue weighted by atomic mass is 16.5. The average molecular weight is 351 g/mol. The Kier molecular flexibility index (Phi) is 3.48. The molecule has 0 radical (unpaired) electrons. The van der Waals surface area contributed by atoms with Gasteiger partial charge in [0.2, 0.25) is 0 Å². The second kappa shape index (κ2) is 5.75. The first-order chi connectivity index (χ1) is 12.7. The molecule has 3 N–H and O–H groups in total. The first kappa shape index (κ1) is 15.7. The van der Waals surface area contributed by atoms with Crippen molar-refractivity contribution < 1.29 is 9.84 Å². The Morgan fingerprint density at radius 1 is 1.23 bits per heavy atom. The van der Waals surface area contributed by atoms with E-state index in [0.29, 0.717) is 12.2 Å². The molecule has 1 aromatic heterocycles. The maximum atomic E-state index is 9.73. The van der Waals surface area contributed by atoms with Gasteiger partial charge in [0.1, 0.15) is 22.7 Å². The number of fused-ring (bicyclic) bond motifs is 2. The highest BCUT2D eigenvalue weighted by molar-refractivity contribution is 5.81. The van der Waals surface area contributed by atoms with Crippen molar-refractivity contribution >= 4 is 12.0 Å². The minimum Gasteiger partial charge on any atom is -0.485 e. The van der Waals surface area contributed by atoms with Crippen molar-refractivity contribution in [3.05, 3.63) is 46.9 Å². The molecule has 134 valence electrons. The van der Waals surface area contributed by atoms with E-state index in [2.05, 4.69) is 20.9 Å². The van der Waals surface area contributed by atoms with Crippen molar-refractivity contribution in [1.82, 2.24) is 9.97 Å². The first-order valence-electron chi connectivity index (χ1n) is 8.99. The van der Waals surface area contributed by atoms with E-state index in [1.165, 1.54) is 0 Å². The summed E-state index contributed by atoms with van der Waals surface area (Å²) in [5.41, 5.74) is 9.52. The summed E-state index contributed by atoms with van der Waals surface area (Å²) in [4.78, 5) is 15.7. The number of hydrogen-bond donors (Lipinski definition) is 2. The molecular formula is C19H21N5O2. The lowest BCUT2D eigenvalue weighted by atomic mass is 9.83. The quantitative estimate of drug-likeness (QED) is 0.847. The first-order valence-corrected chi connectivity index (χ1v) is 8.99. The third-order valence-corrected chi connectivity index (χ3v) is 5.70. The maximum Gasteiger partial charge on any atom is 0.153 e. The minimum absolute atomic E-state index is 0.113. The number of aliphatic imine (C=N–C) groups is 1. The van der Waals surface area contributed by atoms with Crippen molar-refractivity contribution in [3.8, 4) is 5.75 Å². The van der Waals surface area contributed by atoms with Crippen LogP contribution in [0.25, 0.3) is 0 Å². The summed E-state index contributed by atoms with van der Waals surface area (Å²) < 4.78 is 6.31. The van der Waals surface area contributed by atoms with Gasteiger partial charge in [-0.2, -0.15) is 0 Å². The molecule has 0 saturated carbocycles. The molecule has 1 spiro atoms. The van der Waals surface area contributed by atoms with Gasteiger partial charge in [-0.1, -0.05) is 18.2 Å². The predicted octanol–water partition coefficient (Wildman–Crippen LogP) is 1.33. The fourth-order valence-corrected chi connectivity index (χ4v) is 4.21. The number of aliphatic hydroxyl groups is 1. The van der Waals surface area contributed by atoms with Crippen LogP contribution in [0.5, 0.6) is 5.75 Å². The van der Waals surface area contributed by atoms with Crippen molar-refractivity contribution in [1.29, 1.82) is 0 Å². The zero-order valence-electron chi connectivity index (χ0n) is 14.4. The number of nitrogens with two attached hydrogens (primary N) is 1. The number of para-hydroxylation sites is 1.